The van der Waals surface area contributed by atoms with Crippen molar-refractivity contribution < 1.29 is 4.79 Å². The predicted molar refractivity (Wildman–Crippen MR) is 80.9 cm³/mol. The molecular weight excluding hydrogens is 268 g/mol. The van der Waals surface area contributed by atoms with Crippen LogP contribution in [0.25, 0.3) is 0 Å². The molecule has 0 aliphatic heterocycles. The van der Waals surface area contributed by atoms with E-state index in [0.29, 0.717) is 11.4 Å². The smallest absolute Gasteiger partial charge is 0.249 e. The van der Waals surface area contributed by atoms with Crippen LogP contribution in [0.3, 0.4) is 0 Å². The van der Waals surface area contributed by atoms with Crippen LogP contribution < -0.4 is 11.5 Å². The highest BCUT2D eigenvalue weighted by Crippen LogP contribution is 2.24. The number of rotatable bonds is 4. The molecule has 1 heterocycles. The van der Waals surface area contributed by atoms with E-state index in [1.165, 1.54) is 6.42 Å². The zero-order valence-corrected chi connectivity index (χ0v) is 12.4. The molecule has 21 heavy (non-hydrogen) atoms. The van der Waals surface area contributed by atoms with Crippen LogP contribution in [-0.2, 0) is 11.3 Å². The highest BCUT2D eigenvalue weighted by atomic mass is 16.2. The Labute approximate surface area is 124 Å². The number of nitrogens with zero attached hydrogens (tertiary/aromatic N) is 4. The number of anilines is 2. The monoisotopic (exact) mass is 290 g/mol. The molecule has 1 saturated carbocycles. The van der Waals surface area contributed by atoms with E-state index in [0.717, 1.165) is 25.7 Å². The zero-order chi connectivity index (χ0) is 15.4. The number of hydrogen-bond acceptors (Lipinski definition) is 6. The number of aromatic nitrogens is 3. The van der Waals surface area contributed by atoms with Gasteiger partial charge in [0.15, 0.2) is 5.82 Å². The Kier molecular flexibility index (Phi) is 4.72. The predicted octanol–water partition coefficient (Wildman–Crippen LogP) is 1.27. The quantitative estimate of drug-likeness (QED) is 0.808. The lowest BCUT2D eigenvalue weighted by Gasteiger charge is -2.34. The van der Waals surface area contributed by atoms with E-state index in [1.807, 2.05) is 0 Å². The molecule has 7 heteroatoms. The second-order valence-corrected chi connectivity index (χ2v) is 5.47. The van der Waals surface area contributed by atoms with E-state index >= 15 is 0 Å². The molecule has 0 atom stereocenters. The van der Waals surface area contributed by atoms with Gasteiger partial charge >= 0.3 is 0 Å². The van der Waals surface area contributed by atoms with Gasteiger partial charge in [0.25, 0.3) is 0 Å². The summed E-state index contributed by atoms with van der Waals surface area (Å²) in [4.78, 5) is 26.1. The van der Waals surface area contributed by atoms with Crippen LogP contribution >= 0.6 is 0 Å². The summed E-state index contributed by atoms with van der Waals surface area (Å²) in [5.74, 6) is 0.493. The van der Waals surface area contributed by atoms with Crippen LogP contribution in [0.4, 0.5) is 11.9 Å². The van der Waals surface area contributed by atoms with Gasteiger partial charge in [0.2, 0.25) is 17.8 Å². The summed E-state index contributed by atoms with van der Waals surface area (Å²) >= 11 is 0. The Balaban J connectivity index is 2.22. The van der Waals surface area contributed by atoms with Gasteiger partial charge in [0, 0.05) is 11.6 Å². The average Bonchev–Trinajstić information content (AvgIpc) is 2.44. The van der Waals surface area contributed by atoms with Crippen LogP contribution in [0.2, 0.25) is 0 Å². The first-order valence-electron chi connectivity index (χ1n) is 7.19. The van der Waals surface area contributed by atoms with E-state index in [4.69, 9.17) is 11.5 Å². The van der Waals surface area contributed by atoms with E-state index < -0.39 is 0 Å². The van der Waals surface area contributed by atoms with Crippen LogP contribution in [0.1, 0.15) is 44.9 Å². The molecule has 7 nitrogen and oxygen atoms in total. The van der Waals surface area contributed by atoms with Crippen molar-refractivity contribution in [2.75, 3.05) is 11.5 Å². The first-order valence-corrected chi connectivity index (χ1v) is 7.19. The third-order valence-electron chi connectivity index (χ3n) is 3.67. The van der Waals surface area contributed by atoms with E-state index in [9.17, 15) is 4.79 Å². The minimum atomic E-state index is -0.0699. The third kappa shape index (κ3) is 3.90. The summed E-state index contributed by atoms with van der Waals surface area (Å²) < 4.78 is 0. The molecule has 0 bridgehead atoms. The molecule has 2 rings (SSSR count). The Morgan fingerprint density at radius 1 is 1.19 bits per heavy atom. The van der Waals surface area contributed by atoms with Crippen molar-refractivity contribution in [3.8, 4) is 0 Å². The highest BCUT2D eigenvalue weighted by molar-refractivity contribution is 5.92. The molecule has 1 aliphatic carbocycles. The van der Waals surface area contributed by atoms with Gasteiger partial charge in [-0.15, -0.1) is 0 Å². The molecule has 0 aromatic carbocycles. The van der Waals surface area contributed by atoms with Gasteiger partial charge in [-0.1, -0.05) is 25.8 Å². The maximum atomic E-state index is 12.4. The number of amides is 1. The minimum absolute atomic E-state index is 0.0699. The van der Waals surface area contributed by atoms with Crippen LogP contribution in [-0.4, -0.2) is 31.8 Å². The van der Waals surface area contributed by atoms with Gasteiger partial charge in [-0.25, -0.2) is 0 Å². The molecular formula is C14H22N6O. The van der Waals surface area contributed by atoms with Gasteiger partial charge in [0.1, 0.15) is 0 Å². The number of nitrogens with two attached hydrogens (primary N) is 2. The topological polar surface area (TPSA) is 111 Å². The molecule has 1 aromatic rings. The summed E-state index contributed by atoms with van der Waals surface area (Å²) in [6, 6.07) is 0.196. The molecule has 0 saturated heterocycles. The maximum absolute atomic E-state index is 12.4. The van der Waals surface area contributed by atoms with Crippen molar-refractivity contribution >= 4 is 17.8 Å². The standard InChI is InChI=1S/C14H22N6O/c1-9(2)12(21)20(10-6-4-3-5-7-10)8-11-17-13(15)19-14(16)18-11/h10H,1,3-8H2,2H3,(H4,15,16,17,18,19). The fourth-order valence-corrected chi connectivity index (χ4v) is 2.68. The van der Waals surface area contributed by atoms with E-state index in [2.05, 4.69) is 21.5 Å². The van der Waals surface area contributed by atoms with Crippen LogP contribution in [0, 0.1) is 0 Å². The van der Waals surface area contributed by atoms with Crippen molar-refractivity contribution in [2.45, 2.75) is 51.6 Å². The molecule has 114 valence electrons. The van der Waals surface area contributed by atoms with Gasteiger partial charge in [-0.05, 0) is 19.8 Å². The summed E-state index contributed by atoms with van der Waals surface area (Å²) in [5, 5.41) is 0. The second kappa shape index (κ2) is 6.51. The van der Waals surface area contributed by atoms with E-state index in [1.54, 1.807) is 11.8 Å². The fraction of sp³-hybridized carbons (Fsp3) is 0.571. The van der Waals surface area contributed by atoms with Crippen LogP contribution in [0.15, 0.2) is 12.2 Å². The Morgan fingerprint density at radius 2 is 1.76 bits per heavy atom. The minimum Gasteiger partial charge on any atom is -0.368 e. The average molecular weight is 290 g/mol. The number of carbonyl (C=O) groups is 1. The molecule has 1 fully saturated rings. The summed E-state index contributed by atoms with van der Waals surface area (Å²) in [7, 11) is 0. The first kappa shape index (κ1) is 15.2. The van der Waals surface area contributed by atoms with Crippen molar-refractivity contribution in [3.05, 3.63) is 18.0 Å². The van der Waals surface area contributed by atoms with Gasteiger partial charge in [-0.3, -0.25) is 4.79 Å². The normalized spacial score (nSPS) is 15.7. The summed E-state index contributed by atoms with van der Waals surface area (Å²) in [6.45, 7) is 5.76. The lowest BCUT2D eigenvalue weighted by atomic mass is 9.93. The largest absolute Gasteiger partial charge is 0.368 e. The molecule has 4 N–H and O–H groups in total. The molecule has 1 amide bonds. The second-order valence-electron chi connectivity index (χ2n) is 5.47. The van der Waals surface area contributed by atoms with Crippen molar-refractivity contribution in [2.24, 2.45) is 0 Å². The highest BCUT2D eigenvalue weighted by Gasteiger charge is 2.26. The molecule has 1 aromatic heterocycles. The number of nitrogen functional groups attached to an aromatic ring is 2. The van der Waals surface area contributed by atoms with E-state index in [-0.39, 0.29) is 30.4 Å². The molecule has 1 aliphatic rings. The molecule has 0 spiro atoms. The third-order valence-corrected chi connectivity index (χ3v) is 3.67. The lowest BCUT2D eigenvalue weighted by Crippen LogP contribution is -2.41. The van der Waals surface area contributed by atoms with Crippen LogP contribution in [0.5, 0.6) is 0 Å². The van der Waals surface area contributed by atoms with Gasteiger partial charge in [0.05, 0.1) is 6.54 Å². The van der Waals surface area contributed by atoms with Crippen molar-refractivity contribution in [1.29, 1.82) is 0 Å². The SMILES string of the molecule is C=C(C)C(=O)N(Cc1nc(N)nc(N)n1)C1CCCCC1. The lowest BCUT2D eigenvalue weighted by molar-refractivity contribution is -0.130. The van der Waals surface area contributed by atoms with Crippen molar-refractivity contribution in [3.63, 3.8) is 0 Å². The Bertz CT molecular complexity index is 518. The Morgan fingerprint density at radius 3 is 2.29 bits per heavy atom. The zero-order valence-electron chi connectivity index (χ0n) is 12.4. The Hall–Kier alpha value is -2.18. The molecule has 0 unspecified atom stereocenters. The maximum Gasteiger partial charge on any atom is 0.249 e. The van der Waals surface area contributed by atoms with Crippen molar-refractivity contribution in [1.82, 2.24) is 19.9 Å². The summed E-state index contributed by atoms with van der Waals surface area (Å²) in [5.41, 5.74) is 11.7. The number of carbonyl (C=O) groups excluding carboxylic acids is 1. The molecule has 0 radical (unpaired) electrons. The first-order chi connectivity index (χ1) is 9.97. The van der Waals surface area contributed by atoms with Gasteiger partial charge in [-0.2, -0.15) is 15.0 Å². The summed E-state index contributed by atoms with van der Waals surface area (Å²) in [6.07, 6.45) is 5.47. The fourth-order valence-electron chi connectivity index (χ4n) is 2.68. The number of hydrogen-bond donors (Lipinski definition) is 2. The van der Waals surface area contributed by atoms with Gasteiger partial charge < -0.3 is 16.4 Å².